The zero-order valence-electron chi connectivity index (χ0n) is 15.4. The highest BCUT2D eigenvalue weighted by Gasteiger charge is 2.43. The fourth-order valence-corrected chi connectivity index (χ4v) is 5.20. The second-order valence-corrected chi connectivity index (χ2v) is 7.91. The molecule has 5 heteroatoms. The Bertz CT molecular complexity index is 997. The molecule has 134 valence electrons. The summed E-state index contributed by atoms with van der Waals surface area (Å²) in [6, 6.07) is 7.07. The van der Waals surface area contributed by atoms with Gasteiger partial charge in [0.1, 0.15) is 17.8 Å². The Hall–Kier alpha value is -2.40. The Kier molecular flexibility index (Phi) is 3.38. The molecule has 26 heavy (non-hydrogen) atoms. The lowest BCUT2D eigenvalue weighted by molar-refractivity contribution is 0.238. The minimum absolute atomic E-state index is 0.144. The smallest absolute Gasteiger partial charge is 0.150 e. The number of hydrogen-bond acceptors (Lipinski definition) is 4. The number of nitrogen functional groups attached to an aromatic ring is 1. The SMILES string of the molecule is Cc1cc(-n2ccc3c(N)ncnc32)cc2c1C(C)NC21CCCCC1. The molecule has 1 aliphatic heterocycles. The lowest BCUT2D eigenvalue weighted by atomic mass is 9.77. The quantitative estimate of drug-likeness (QED) is 0.694. The van der Waals surface area contributed by atoms with Gasteiger partial charge in [-0.3, -0.25) is 0 Å². The van der Waals surface area contributed by atoms with E-state index in [-0.39, 0.29) is 5.54 Å². The maximum Gasteiger partial charge on any atom is 0.150 e. The van der Waals surface area contributed by atoms with Crippen LogP contribution in [0.1, 0.15) is 61.8 Å². The number of aromatic nitrogens is 3. The van der Waals surface area contributed by atoms with Crippen molar-refractivity contribution in [1.82, 2.24) is 19.9 Å². The first-order chi connectivity index (χ1) is 12.6. The summed E-state index contributed by atoms with van der Waals surface area (Å²) < 4.78 is 2.14. The first-order valence-electron chi connectivity index (χ1n) is 9.60. The van der Waals surface area contributed by atoms with Crippen LogP contribution in [0.2, 0.25) is 0 Å². The van der Waals surface area contributed by atoms with Gasteiger partial charge in [-0.25, -0.2) is 9.97 Å². The van der Waals surface area contributed by atoms with E-state index in [1.807, 2.05) is 6.07 Å². The van der Waals surface area contributed by atoms with Crippen molar-refractivity contribution in [2.75, 3.05) is 5.73 Å². The van der Waals surface area contributed by atoms with Crippen molar-refractivity contribution in [2.45, 2.75) is 57.5 Å². The topological polar surface area (TPSA) is 68.8 Å². The van der Waals surface area contributed by atoms with E-state index in [2.05, 4.69) is 52.0 Å². The predicted octanol–water partition coefficient (Wildman–Crippen LogP) is 4.13. The number of nitrogens with zero attached hydrogens (tertiary/aromatic N) is 3. The third kappa shape index (κ3) is 2.13. The first kappa shape index (κ1) is 15.8. The number of anilines is 1. The third-order valence-electron chi connectivity index (χ3n) is 6.31. The van der Waals surface area contributed by atoms with E-state index in [9.17, 15) is 0 Å². The molecule has 0 saturated heterocycles. The second-order valence-electron chi connectivity index (χ2n) is 7.91. The minimum atomic E-state index is 0.144. The minimum Gasteiger partial charge on any atom is -0.383 e. The molecule has 0 radical (unpaired) electrons. The molecule has 3 heterocycles. The molecule has 2 aromatic heterocycles. The van der Waals surface area contributed by atoms with Gasteiger partial charge in [0, 0.05) is 23.5 Å². The van der Waals surface area contributed by atoms with Crippen LogP contribution in [0.4, 0.5) is 5.82 Å². The van der Waals surface area contributed by atoms with Gasteiger partial charge in [-0.1, -0.05) is 19.3 Å². The van der Waals surface area contributed by atoms with E-state index in [0.717, 1.165) is 16.7 Å². The van der Waals surface area contributed by atoms with Crippen LogP contribution in [-0.4, -0.2) is 14.5 Å². The molecule has 0 bridgehead atoms. The molecular formula is C21H25N5. The molecule has 0 amide bonds. The van der Waals surface area contributed by atoms with E-state index in [0.29, 0.717) is 11.9 Å². The molecular weight excluding hydrogens is 322 g/mol. The second kappa shape index (κ2) is 5.55. The molecule has 2 aliphatic rings. The van der Waals surface area contributed by atoms with E-state index < -0.39 is 0 Å². The van der Waals surface area contributed by atoms with Gasteiger partial charge >= 0.3 is 0 Å². The molecule has 3 aromatic rings. The first-order valence-corrected chi connectivity index (χ1v) is 9.60. The van der Waals surface area contributed by atoms with E-state index in [1.165, 1.54) is 48.8 Å². The molecule has 1 saturated carbocycles. The Morgan fingerprint density at radius 1 is 1.19 bits per heavy atom. The van der Waals surface area contributed by atoms with Crippen molar-refractivity contribution in [3.05, 3.63) is 47.4 Å². The maximum atomic E-state index is 6.02. The standard InChI is InChI=1S/C21H25N5/c1-13-10-15(26-9-6-16-19(22)23-12-24-20(16)26)11-17-18(13)14(2)25-21(17)7-4-3-5-8-21/h6,9-12,14,25H,3-5,7-8H2,1-2H3,(H2,22,23,24). The fourth-order valence-electron chi connectivity index (χ4n) is 5.20. The van der Waals surface area contributed by atoms with Crippen molar-refractivity contribution >= 4 is 16.9 Å². The third-order valence-corrected chi connectivity index (χ3v) is 6.31. The van der Waals surface area contributed by atoms with Crippen molar-refractivity contribution in [2.24, 2.45) is 0 Å². The van der Waals surface area contributed by atoms with Gasteiger partial charge in [0.2, 0.25) is 0 Å². The van der Waals surface area contributed by atoms with Crippen LogP contribution in [0.25, 0.3) is 16.7 Å². The Labute approximate surface area is 153 Å². The number of aryl methyl sites for hydroxylation is 1. The van der Waals surface area contributed by atoms with Crippen LogP contribution in [0.15, 0.2) is 30.7 Å². The molecule has 1 spiro atoms. The molecule has 5 rings (SSSR count). The van der Waals surface area contributed by atoms with Gasteiger partial charge < -0.3 is 15.6 Å². The summed E-state index contributed by atoms with van der Waals surface area (Å²) in [4.78, 5) is 8.59. The highest BCUT2D eigenvalue weighted by atomic mass is 15.1. The highest BCUT2D eigenvalue weighted by Crippen LogP contribution is 2.48. The lowest BCUT2D eigenvalue weighted by Gasteiger charge is -2.35. The predicted molar refractivity (Wildman–Crippen MR) is 104 cm³/mol. The largest absolute Gasteiger partial charge is 0.383 e. The summed E-state index contributed by atoms with van der Waals surface area (Å²) in [5.74, 6) is 0.533. The Balaban J connectivity index is 1.71. The van der Waals surface area contributed by atoms with Gasteiger partial charge in [-0.15, -0.1) is 0 Å². The molecule has 3 N–H and O–H groups in total. The summed E-state index contributed by atoms with van der Waals surface area (Å²) in [5, 5.41) is 4.85. The zero-order chi connectivity index (χ0) is 17.9. The molecule has 5 nitrogen and oxygen atoms in total. The zero-order valence-corrected chi connectivity index (χ0v) is 15.4. The number of rotatable bonds is 1. The number of fused-ring (bicyclic) bond motifs is 3. The average Bonchev–Trinajstić information content (AvgIpc) is 3.17. The fraction of sp³-hybridized carbons (Fsp3) is 0.429. The summed E-state index contributed by atoms with van der Waals surface area (Å²) in [7, 11) is 0. The van der Waals surface area contributed by atoms with Gasteiger partial charge in [-0.2, -0.15) is 0 Å². The maximum absolute atomic E-state index is 6.02. The summed E-state index contributed by atoms with van der Waals surface area (Å²) in [6.45, 7) is 4.53. The highest BCUT2D eigenvalue weighted by molar-refractivity contribution is 5.87. The van der Waals surface area contributed by atoms with E-state index in [4.69, 9.17) is 5.73 Å². The number of nitrogens with two attached hydrogens (primary N) is 1. The summed E-state index contributed by atoms with van der Waals surface area (Å²) in [5.41, 5.74) is 12.5. The van der Waals surface area contributed by atoms with Crippen LogP contribution in [-0.2, 0) is 5.54 Å². The van der Waals surface area contributed by atoms with Crippen molar-refractivity contribution < 1.29 is 0 Å². The van der Waals surface area contributed by atoms with Gasteiger partial charge in [-0.05, 0) is 61.6 Å². The van der Waals surface area contributed by atoms with Crippen molar-refractivity contribution in [1.29, 1.82) is 0 Å². The number of benzene rings is 1. The average molecular weight is 347 g/mol. The van der Waals surface area contributed by atoms with E-state index >= 15 is 0 Å². The molecule has 1 unspecified atom stereocenters. The van der Waals surface area contributed by atoms with Crippen LogP contribution in [0, 0.1) is 6.92 Å². The number of nitrogens with one attached hydrogen (secondary N) is 1. The van der Waals surface area contributed by atoms with Crippen LogP contribution in [0.5, 0.6) is 0 Å². The van der Waals surface area contributed by atoms with Gasteiger partial charge in [0.15, 0.2) is 0 Å². The Morgan fingerprint density at radius 2 is 2.00 bits per heavy atom. The summed E-state index contributed by atoms with van der Waals surface area (Å²) in [6.07, 6.45) is 10.0. The normalized spacial score (nSPS) is 21.4. The molecule has 1 fully saturated rings. The van der Waals surface area contributed by atoms with Gasteiger partial charge in [0.05, 0.1) is 5.39 Å². The molecule has 1 aromatic carbocycles. The lowest BCUT2D eigenvalue weighted by Crippen LogP contribution is -2.39. The van der Waals surface area contributed by atoms with Crippen LogP contribution < -0.4 is 11.1 Å². The van der Waals surface area contributed by atoms with Crippen molar-refractivity contribution in [3.63, 3.8) is 0 Å². The van der Waals surface area contributed by atoms with Crippen LogP contribution in [0.3, 0.4) is 0 Å². The summed E-state index contributed by atoms with van der Waals surface area (Å²) >= 11 is 0. The van der Waals surface area contributed by atoms with Gasteiger partial charge in [0.25, 0.3) is 0 Å². The molecule has 1 atom stereocenters. The van der Waals surface area contributed by atoms with Crippen LogP contribution >= 0.6 is 0 Å². The monoisotopic (exact) mass is 347 g/mol. The van der Waals surface area contributed by atoms with Crippen molar-refractivity contribution in [3.8, 4) is 5.69 Å². The molecule has 1 aliphatic carbocycles. The Morgan fingerprint density at radius 3 is 2.81 bits per heavy atom. The number of hydrogen-bond donors (Lipinski definition) is 2. The van der Waals surface area contributed by atoms with E-state index in [1.54, 1.807) is 6.33 Å².